The number of alkyl halides is 4. The fourth-order valence-electron chi connectivity index (χ4n) is 8.74. The van der Waals surface area contributed by atoms with Gasteiger partial charge in [0.1, 0.15) is 10.5 Å². The van der Waals surface area contributed by atoms with Crippen LogP contribution in [-0.2, 0) is 19.1 Å². The van der Waals surface area contributed by atoms with Crippen LogP contribution >= 0.6 is 35.0 Å². The normalized spacial score (nSPS) is 47.7. The molecule has 40 heavy (non-hydrogen) atoms. The molecule has 10 atom stereocenters. The van der Waals surface area contributed by atoms with Gasteiger partial charge in [0.25, 0.3) is 0 Å². The number of rotatable bonds is 4. The number of nitriles is 1. The smallest absolute Gasteiger partial charge is 0.313 e. The minimum atomic E-state index is -2.34. The molecule has 0 aromatic heterocycles. The number of aliphatic hydroxyl groups excluding tert-OH is 1. The first-order valence-electron chi connectivity index (χ1n) is 13.5. The van der Waals surface area contributed by atoms with Crippen molar-refractivity contribution in [1.29, 1.82) is 5.26 Å². The zero-order chi connectivity index (χ0) is 29.8. The number of hydrogen-bond donors (Lipinski definition) is 1. The Morgan fingerprint density at radius 1 is 1.23 bits per heavy atom. The van der Waals surface area contributed by atoms with Gasteiger partial charge in [0, 0.05) is 28.1 Å². The van der Waals surface area contributed by atoms with Crippen LogP contribution in [0.25, 0.3) is 0 Å². The average molecular weight is 617 g/mol. The van der Waals surface area contributed by atoms with Gasteiger partial charge in [-0.25, -0.2) is 8.78 Å². The van der Waals surface area contributed by atoms with E-state index in [9.17, 15) is 24.8 Å². The minimum Gasteiger partial charge on any atom is -0.449 e. The van der Waals surface area contributed by atoms with Crippen molar-refractivity contribution in [2.75, 3.05) is 5.75 Å². The summed E-state index contributed by atoms with van der Waals surface area (Å²) in [7, 11) is 0. The highest BCUT2D eigenvalue weighted by atomic mass is 35.5. The summed E-state index contributed by atoms with van der Waals surface area (Å²) in [4.78, 5) is 39.7. The molecule has 218 valence electrons. The lowest BCUT2D eigenvalue weighted by Crippen LogP contribution is -2.70. The predicted molar refractivity (Wildman–Crippen MR) is 147 cm³/mol. The van der Waals surface area contributed by atoms with E-state index in [0.717, 1.165) is 6.08 Å². The van der Waals surface area contributed by atoms with Gasteiger partial charge in [-0.05, 0) is 49.8 Å². The maximum Gasteiger partial charge on any atom is 0.313 e. The van der Waals surface area contributed by atoms with Crippen molar-refractivity contribution in [2.45, 2.75) is 81.8 Å². The second-order valence-electron chi connectivity index (χ2n) is 13.2. The monoisotopic (exact) mass is 615 g/mol. The van der Waals surface area contributed by atoms with Crippen molar-refractivity contribution in [3.05, 3.63) is 23.8 Å². The van der Waals surface area contributed by atoms with Crippen LogP contribution in [0.2, 0.25) is 0 Å². The van der Waals surface area contributed by atoms with Gasteiger partial charge in [-0.3, -0.25) is 14.4 Å². The fraction of sp³-hybridized carbons (Fsp3) is 0.724. The van der Waals surface area contributed by atoms with E-state index in [1.54, 1.807) is 27.7 Å². The quantitative estimate of drug-likeness (QED) is 0.331. The molecule has 4 saturated carbocycles. The van der Waals surface area contributed by atoms with E-state index in [2.05, 4.69) is 0 Å². The molecule has 4 fully saturated rings. The Bertz CT molecular complexity index is 1280. The Balaban J connectivity index is 1.62. The number of aliphatic hydroxyl groups is 1. The number of allylic oxidation sites excluding steroid dienone is 4. The summed E-state index contributed by atoms with van der Waals surface area (Å²) in [6.45, 7) is 8.33. The van der Waals surface area contributed by atoms with E-state index in [4.69, 9.17) is 27.9 Å². The van der Waals surface area contributed by atoms with E-state index in [-0.39, 0.29) is 30.6 Å². The molecule has 0 aromatic carbocycles. The number of hydrogen-bond acceptors (Lipinski definition) is 7. The summed E-state index contributed by atoms with van der Waals surface area (Å²) in [6, 6.07) is 1.92. The summed E-state index contributed by atoms with van der Waals surface area (Å²) in [5.74, 6) is -4.71. The molecule has 0 heterocycles. The highest BCUT2D eigenvalue weighted by molar-refractivity contribution is 8.14. The predicted octanol–water partition coefficient (Wildman–Crippen LogP) is 5.45. The van der Waals surface area contributed by atoms with Crippen LogP contribution in [0.15, 0.2) is 23.8 Å². The van der Waals surface area contributed by atoms with E-state index in [1.807, 2.05) is 6.07 Å². The molecule has 0 bridgehead atoms. The largest absolute Gasteiger partial charge is 0.449 e. The van der Waals surface area contributed by atoms with Crippen molar-refractivity contribution in [3.63, 3.8) is 0 Å². The Morgan fingerprint density at radius 2 is 1.85 bits per heavy atom. The number of thioether (sulfide) groups is 1. The lowest BCUT2D eigenvalue weighted by Gasteiger charge is -2.63. The molecule has 0 amide bonds. The lowest BCUT2D eigenvalue weighted by molar-refractivity contribution is -0.229. The third-order valence-electron chi connectivity index (χ3n) is 11.1. The van der Waals surface area contributed by atoms with Gasteiger partial charge in [-0.15, -0.1) is 23.2 Å². The summed E-state index contributed by atoms with van der Waals surface area (Å²) < 4.78 is 38.1. The Labute approximate surface area is 246 Å². The van der Waals surface area contributed by atoms with Crippen LogP contribution in [0.5, 0.6) is 0 Å². The standard InChI is InChI=1S/C29H33Cl2F2NO5S/c1-14-10-16-17-12-19(32)18-11-15(35)6-7-25(18,4)27(17,33)20(36)13-26(16,5)28(14,23(38)40-9-8-34)39-22(37)21-24(2,3)29(21,30)31/h6-7,11,14,16-17,19-21,36H,9-10,12-13H2,1-5H3/t14-,16+,17+,19+,20-,21?,25+,26+,27+,28+/m1/s1. The zero-order valence-corrected chi connectivity index (χ0v) is 25.3. The first kappa shape index (κ1) is 30.0. The van der Waals surface area contributed by atoms with Gasteiger partial charge < -0.3 is 9.84 Å². The number of carbonyl (C=O) groups is 3. The Hall–Kier alpha value is -1.47. The molecule has 0 aromatic rings. The fourth-order valence-corrected chi connectivity index (χ4v) is 10.5. The molecule has 0 spiro atoms. The molecule has 1 N–H and O–H groups in total. The van der Waals surface area contributed by atoms with Crippen LogP contribution in [0.1, 0.15) is 53.9 Å². The molecular weight excluding hydrogens is 583 g/mol. The number of carbonyl (C=O) groups excluding carboxylic acids is 3. The maximum absolute atomic E-state index is 17.5. The van der Waals surface area contributed by atoms with Crippen molar-refractivity contribution in [1.82, 2.24) is 0 Å². The van der Waals surface area contributed by atoms with E-state index in [1.165, 1.54) is 19.1 Å². The second kappa shape index (κ2) is 9.02. The topological polar surface area (TPSA) is 104 Å². The number of halogens is 4. The first-order chi connectivity index (χ1) is 18.4. The molecule has 5 aliphatic carbocycles. The number of ketones is 1. The van der Waals surface area contributed by atoms with Crippen LogP contribution in [0.3, 0.4) is 0 Å². The SMILES string of the molecule is C[C@@H]1C[C@H]2[C@@H]3C[C@H](F)C4=CC(=O)C=C[C@]4(C)[C@@]3(F)[C@H](O)C[C@]2(C)[C@@]1(OC(=O)C1C(C)(C)C1(Cl)Cl)C(=O)SCC#N. The van der Waals surface area contributed by atoms with Crippen molar-refractivity contribution < 1.29 is 33.0 Å². The number of nitrogens with zero attached hydrogens (tertiary/aromatic N) is 1. The molecule has 0 saturated heterocycles. The first-order valence-corrected chi connectivity index (χ1v) is 15.2. The summed E-state index contributed by atoms with van der Waals surface area (Å²) in [6.07, 6.45) is 0.0238. The Morgan fingerprint density at radius 3 is 2.42 bits per heavy atom. The molecule has 11 heteroatoms. The van der Waals surface area contributed by atoms with Gasteiger partial charge in [0.05, 0.1) is 23.8 Å². The number of esters is 1. The van der Waals surface area contributed by atoms with E-state index >= 15 is 8.78 Å². The van der Waals surface area contributed by atoms with Crippen LogP contribution in [0.4, 0.5) is 8.78 Å². The molecule has 5 aliphatic rings. The van der Waals surface area contributed by atoms with Crippen molar-refractivity contribution in [2.24, 2.45) is 39.9 Å². The summed E-state index contributed by atoms with van der Waals surface area (Å²) in [5, 5.41) is 20.3. The van der Waals surface area contributed by atoms with Crippen molar-refractivity contribution in [3.8, 4) is 6.07 Å². The van der Waals surface area contributed by atoms with Crippen LogP contribution in [-0.4, -0.2) is 55.6 Å². The molecule has 0 radical (unpaired) electrons. The molecule has 5 rings (SSSR count). The lowest BCUT2D eigenvalue weighted by atomic mass is 9.44. The Kier molecular flexibility index (Phi) is 6.76. The van der Waals surface area contributed by atoms with Gasteiger partial charge in [-0.1, -0.05) is 45.5 Å². The molecule has 1 unspecified atom stereocenters. The maximum atomic E-state index is 17.5. The van der Waals surface area contributed by atoms with Gasteiger partial charge in [0.2, 0.25) is 5.12 Å². The third-order valence-corrected chi connectivity index (χ3v) is 13.3. The van der Waals surface area contributed by atoms with Gasteiger partial charge in [-0.2, -0.15) is 5.26 Å². The molecule has 0 aliphatic heterocycles. The molecule has 6 nitrogen and oxygen atoms in total. The van der Waals surface area contributed by atoms with E-state index in [0.29, 0.717) is 11.8 Å². The zero-order valence-electron chi connectivity index (χ0n) is 23.0. The highest BCUT2D eigenvalue weighted by Gasteiger charge is 2.80. The second-order valence-corrected chi connectivity index (χ2v) is 15.5. The van der Waals surface area contributed by atoms with Crippen LogP contribution in [0, 0.1) is 51.2 Å². The summed E-state index contributed by atoms with van der Waals surface area (Å²) in [5.41, 5.74) is -7.89. The van der Waals surface area contributed by atoms with Crippen molar-refractivity contribution >= 4 is 51.8 Å². The van der Waals surface area contributed by atoms with Gasteiger partial charge in [0.15, 0.2) is 17.1 Å². The van der Waals surface area contributed by atoms with Gasteiger partial charge >= 0.3 is 5.97 Å². The van der Waals surface area contributed by atoms with Crippen LogP contribution < -0.4 is 0 Å². The third kappa shape index (κ3) is 3.46. The van der Waals surface area contributed by atoms with E-state index < -0.39 is 84.7 Å². The minimum absolute atomic E-state index is 0.00215. The number of ether oxygens (including phenoxy) is 1. The number of fused-ring (bicyclic) bond motifs is 5. The summed E-state index contributed by atoms with van der Waals surface area (Å²) >= 11 is 13.5. The molecular formula is C29H33Cl2F2NO5S. The average Bonchev–Trinajstić information content (AvgIpc) is 3.17. The highest BCUT2D eigenvalue weighted by Crippen LogP contribution is 2.73.